The van der Waals surface area contributed by atoms with Crippen LogP contribution in [0.5, 0.6) is 0 Å². The highest BCUT2D eigenvalue weighted by molar-refractivity contribution is 5.85. The summed E-state index contributed by atoms with van der Waals surface area (Å²) in [6, 6.07) is 7.39. The third kappa shape index (κ3) is 3.16. The number of hydrogen-bond acceptors (Lipinski definition) is 4. The van der Waals surface area contributed by atoms with Crippen LogP contribution in [-0.2, 0) is 13.0 Å². The number of nitrogens with zero attached hydrogens (tertiary/aromatic N) is 2. The third-order valence-electron chi connectivity index (χ3n) is 4.24. The fourth-order valence-electron chi connectivity index (χ4n) is 2.99. The molecule has 6 heteroatoms. The second-order valence-electron chi connectivity index (χ2n) is 5.76. The number of aromatic nitrogens is 2. The molecule has 0 saturated carbocycles. The molecule has 0 aliphatic carbocycles. The van der Waals surface area contributed by atoms with E-state index in [1.165, 1.54) is 0 Å². The Bertz CT molecular complexity index is 708. The van der Waals surface area contributed by atoms with Gasteiger partial charge in [0.15, 0.2) is 0 Å². The summed E-state index contributed by atoms with van der Waals surface area (Å²) >= 11 is 0. The lowest BCUT2D eigenvalue weighted by Crippen LogP contribution is -2.47. The van der Waals surface area contributed by atoms with Crippen molar-refractivity contribution < 1.29 is 5.11 Å². The monoisotopic (exact) mass is 323 g/mol. The average Bonchev–Trinajstić information content (AvgIpc) is 2.50. The standard InChI is InChI=1S/C16H21N3O2.ClH/c1-2-14-18-13-6-4-3-5-12(13)15(20)19(14)11-16(21)7-9-17-10-8-16;/h3-6,17,21H,2,7-11H2,1H3;1H. The lowest BCUT2D eigenvalue weighted by molar-refractivity contribution is -0.00694. The van der Waals surface area contributed by atoms with E-state index < -0.39 is 5.60 Å². The van der Waals surface area contributed by atoms with Crippen LogP contribution in [0.2, 0.25) is 0 Å². The number of halogens is 1. The van der Waals surface area contributed by atoms with Gasteiger partial charge in [0, 0.05) is 6.42 Å². The van der Waals surface area contributed by atoms with Crippen LogP contribution in [0.25, 0.3) is 10.9 Å². The zero-order valence-electron chi connectivity index (χ0n) is 12.7. The Morgan fingerprint density at radius 3 is 2.68 bits per heavy atom. The first-order chi connectivity index (χ1) is 10.1. The minimum Gasteiger partial charge on any atom is -0.388 e. The van der Waals surface area contributed by atoms with Crippen molar-refractivity contribution >= 4 is 23.3 Å². The van der Waals surface area contributed by atoms with Gasteiger partial charge in [-0.15, -0.1) is 12.4 Å². The molecule has 1 aliphatic rings. The summed E-state index contributed by atoms with van der Waals surface area (Å²) in [4.78, 5) is 17.3. The van der Waals surface area contributed by atoms with Crippen molar-refractivity contribution in [3.05, 3.63) is 40.4 Å². The van der Waals surface area contributed by atoms with Gasteiger partial charge in [0.2, 0.25) is 0 Å². The highest BCUT2D eigenvalue weighted by Gasteiger charge is 2.30. The van der Waals surface area contributed by atoms with Crippen molar-refractivity contribution in [1.82, 2.24) is 14.9 Å². The molecule has 2 N–H and O–H groups in total. The van der Waals surface area contributed by atoms with Crippen molar-refractivity contribution in [3.63, 3.8) is 0 Å². The zero-order valence-corrected chi connectivity index (χ0v) is 13.5. The molecule has 1 aromatic carbocycles. The van der Waals surface area contributed by atoms with Crippen LogP contribution >= 0.6 is 12.4 Å². The van der Waals surface area contributed by atoms with E-state index >= 15 is 0 Å². The molecule has 2 heterocycles. The molecule has 1 saturated heterocycles. The Hall–Kier alpha value is -1.43. The molecule has 5 nitrogen and oxygen atoms in total. The minimum absolute atomic E-state index is 0. The topological polar surface area (TPSA) is 67.2 Å². The van der Waals surface area contributed by atoms with Crippen molar-refractivity contribution in [3.8, 4) is 0 Å². The number of aryl methyl sites for hydroxylation is 1. The van der Waals surface area contributed by atoms with Gasteiger partial charge in [-0.3, -0.25) is 9.36 Å². The Morgan fingerprint density at radius 2 is 2.00 bits per heavy atom. The summed E-state index contributed by atoms with van der Waals surface area (Å²) < 4.78 is 1.66. The van der Waals surface area contributed by atoms with E-state index in [1.54, 1.807) is 10.6 Å². The molecule has 2 aromatic rings. The summed E-state index contributed by atoms with van der Waals surface area (Å²) in [6.07, 6.45) is 2.00. The predicted octanol–water partition coefficient (Wildman–Crippen LogP) is 1.50. The first-order valence-electron chi connectivity index (χ1n) is 7.54. The van der Waals surface area contributed by atoms with Gasteiger partial charge in [-0.2, -0.15) is 0 Å². The number of nitrogens with one attached hydrogen (secondary N) is 1. The minimum atomic E-state index is -0.816. The van der Waals surface area contributed by atoms with Crippen molar-refractivity contribution in [1.29, 1.82) is 0 Å². The lowest BCUT2D eigenvalue weighted by Gasteiger charge is -2.33. The SMILES string of the molecule is CCc1nc2ccccc2c(=O)n1CC1(O)CCNCC1.Cl. The number of aliphatic hydroxyl groups is 1. The van der Waals surface area contributed by atoms with Gasteiger partial charge >= 0.3 is 0 Å². The van der Waals surface area contributed by atoms with Gasteiger partial charge in [0.25, 0.3) is 5.56 Å². The highest BCUT2D eigenvalue weighted by atomic mass is 35.5. The van der Waals surface area contributed by atoms with Gasteiger partial charge in [0.05, 0.1) is 23.0 Å². The smallest absolute Gasteiger partial charge is 0.261 e. The second kappa shape index (κ2) is 6.77. The fraction of sp³-hybridized carbons (Fsp3) is 0.500. The van der Waals surface area contributed by atoms with Crippen LogP contribution in [0, 0.1) is 0 Å². The molecule has 3 rings (SSSR count). The molecule has 0 spiro atoms. The zero-order chi connectivity index (χ0) is 14.9. The van der Waals surface area contributed by atoms with Crippen LogP contribution in [-0.4, -0.2) is 33.3 Å². The number of benzene rings is 1. The number of rotatable bonds is 3. The average molecular weight is 324 g/mol. The molecule has 0 unspecified atom stereocenters. The van der Waals surface area contributed by atoms with Gasteiger partial charge in [-0.1, -0.05) is 19.1 Å². The molecule has 1 fully saturated rings. The molecular weight excluding hydrogens is 302 g/mol. The van der Waals surface area contributed by atoms with E-state index in [1.807, 2.05) is 25.1 Å². The van der Waals surface area contributed by atoms with E-state index in [-0.39, 0.29) is 18.0 Å². The van der Waals surface area contributed by atoms with Crippen LogP contribution in [0.3, 0.4) is 0 Å². The summed E-state index contributed by atoms with van der Waals surface area (Å²) in [5.41, 5.74) is -0.138. The normalized spacial score (nSPS) is 17.2. The molecule has 0 radical (unpaired) electrons. The van der Waals surface area contributed by atoms with Gasteiger partial charge in [-0.05, 0) is 38.1 Å². The van der Waals surface area contributed by atoms with E-state index in [4.69, 9.17) is 0 Å². The maximum atomic E-state index is 12.7. The van der Waals surface area contributed by atoms with Crippen molar-refractivity contribution in [2.75, 3.05) is 13.1 Å². The van der Waals surface area contributed by atoms with Crippen LogP contribution in [0.1, 0.15) is 25.6 Å². The first kappa shape index (κ1) is 16.9. The van der Waals surface area contributed by atoms with E-state index in [2.05, 4.69) is 10.3 Å². The third-order valence-corrected chi connectivity index (χ3v) is 4.24. The summed E-state index contributed by atoms with van der Waals surface area (Å²) in [5, 5.41) is 14.6. The Morgan fingerprint density at radius 1 is 1.32 bits per heavy atom. The second-order valence-corrected chi connectivity index (χ2v) is 5.76. The van der Waals surface area contributed by atoms with Crippen LogP contribution in [0.15, 0.2) is 29.1 Å². The lowest BCUT2D eigenvalue weighted by atomic mass is 9.92. The number of piperidine rings is 1. The maximum absolute atomic E-state index is 12.7. The molecule has 1 aromatic heterocycles. The number of hydrogen-bond donors (Lipinski definition) is 2. The summed E-state index contributed by atoms with van der Waals surface area (Å²) in [7, 11) is 0. The molecule has 22 heavy (non-hydrogen) atoms. The highest BCUT2D eigenvalue weighted by Crippen LogP contribution is 2.21. The quantitative estimate of drug-likeness (QED) is 0.898. The van der Waals surface area contributed by atoms with E-state index in [9.17, 15) is 9.90 Å². The maximum Gasteiger partial charge on any atom is 0.261 e. The fourth-order valence-corrected chi connectivity index (χ4v) is 2.99. The van der Waals surface area contributed by atoms with Crippen molar-refractivity contribution in [2.45, 2.75) is 38.3 Å². The Kier molecular flexibility index (Phi) is 5.21. The number of para-hydroxylation sites is 1. The van der Waals surface area contributed by atoms with Gasteiger partial charge < -0.3 is 10.4 Å². The van der Waals surface area contributed by atoms with Gasteiger partial charge in [0.1, 0.15) is 5.82 Å². The van der Waals surface area contributed by atoms with E-state index in [0.717, 1.165) is 24.4 Å². The Labute approximate surface area is 135 Å². The summed E-state index contributed by atoms with van der Waals surface area (Å²) in [5.74, 6) is 0.741. The molecule has 0 atom stereocenters. The molecular formula is C16H22ClN3O2. The predicted molar refractivity (Wildman–Crippen MR) is 89.7 cm³/mol. The van der Waals surface area contributed by atoms with Crippen molar-refractivity contribution in [2.24, 2.45) is 0 Å². The largest absolute Gasteiger partial charge is 0.388 e. The van der Waals surface area contributed by atoms with Gasteiger partial charge in [-0.25, -0.2) is 4.98 Å². The number of fused-ring (bicyclic) bond motifs is 1. The molecule has 0 amide bonds. The van der Waals surface area contributed by atoms with E-state index in [0.29, 0.717) is 31.2 Å². The molecule has 1 aliphatic heterocycles. The molecule has 120 valence electrons. The Balaban J connectivity index is 0.00000176. The summed E-state index contributed by atoms with van der Waals surface area (Å²) in [6.45, 7) is 3.88. The van der Waals surface area contributed by atoms with Crippen LogP contribution < -0.4 is 10.9 Å². The van der Waals surface area contributed by atoms with Crippen LogP contribution in [0.4, 0.5) is 0 Å². The molecule has 0 bridgehead atoms. The first-order valence-corrected chi connectivity index (χ1v) is 7.54.